The summed E-state index contributed by atoms with van der Waals surface area (Å²) < 4.78 is 32.1. The molecular formula is C32H33F2N5O2. The molecule has 1 aliphatic rings. The van der Waals surface area contributed by atoms with Gasteiger partial charge in [0.05, 0.1) is 11.1 Å². The number of rotatable bonds is 4. The fraction of sp³-hybridized carbons (Fsp3) is 0.312. The highest BCUT2D eigenvalue weighted by molar-refractivity contribution is 5.91. The fourth-order valence-corrected chi connectivity index (χ4v) is 5.53. The van der Waals surface area contributed by atoms with Gasteiger partial charge >= 0.3 is 5.69 Å². The zero-order chi connectivity index (χ0) is 29.6. The summed E-state index contributed by atoms with van der Waals surface area (Å²) in [5, 5.41) is 0.320. The molecule has 1 fully saturated rings. The van der Waals surface area contributed by atoms with Crippen LogP contribution in [0.5, 0.6) is 0 Å². The molecule has 7 nitrogen and oxygen atoms in total. The maximum absolute atomic E-state index is 15.8. The lowest BCUT2D eigenvalue weighted by Gasteiger charge is -2.40. The maximum atomic E-state index is 15.8. The molecule has 0 spiro atoms. The number of anilines is 1. The predicted molar refractivity (Wildman–Crippen MR) is 158 cm³/mol. The Morgan fingerprint density at radius 1 is 1.05 bits per heavy atom. The number of nitrogens with zero attached hydrogens (tertiary/aromatic N) is 5. The summed E-state index contributed by atoms with van der Waals surface area (Å²) in [5.74, 6) is -1.26. The van der Waals surface area contributed by atoms with Crippen molar-refractivity contribution >= 4 is 22.8 Å². The number of para-hydroxylation sites is 1. The molecule has 0 aliphatic carbocycles. The number of hydrogen-bond donors (Lipinski definition) is 0. The Bertz CT molecular complexity index is 1740. The largest absolute Gasteiger partial charge is 0.355 e. The average molecular weight is 558 g/mol. The van der Waals surface area contributed by atoms with Crippen LogP contribution in [-0.2, 0) is 10.2 Å². The van der Waals surface area contributed by atoms with Gasteiger partial charge in [0.2, 0.25) is 5.91 Å². The van der Waals surface area contributed by atoms with Crippen molar-refractivity contribution in [2.45, 2.75) is 46.1 Å². The molecule has 5 rings (SSSR count). The first-order valence-electron chi connectivity index (χ1n) is 13.6. The third-order valence-corrected chi connectivity index (χ3v) is 7.59. The number of piperazine rings is 1. The molecule has 0 saturated carbocycles. The van der Waals surface area contributed by atoms with E-state index in [-0.39, 0.29) is 40.1 Å². The van der Waals surface area contributed by atoms with Crippen molar-refractivity contribution in [3.63, 3.8) is 0 Å². The van der Waals surface area contributed by atoms with Crippen LogP contribution in [0.3, 0.4) is 0 Å². The monoisotopic (exact) mass is 557 g/mol. The molecule has 41 heavy (non-hydrogen) atoms. The molecule has 9 heteroatoms. The highest BCUT2D eigenvalue weighted by Gasteiger charge is 2.31. The minimum atomic E-state index is -0.732. The van der Waals surface area contributed by atoms with Crippen LogP contribution in [-0.4, -0.2) is 51.0 Å². The molecule has 0 N–H and O–H groups in total. The number of fused-ring (bicyclic) bond motifs is 1. The van der Waals surface area contributed by atoms with Gasteiger partial charge in [-0.1, -0.05) is 57.7 Å². The van der Waals surface area contributed by atoms with E-state index in [9.17, 15) is 14.0 Å². The summed E-state index contributed by atoms with van der Waals surface area (Å²) in [4.78, 5) is 39.0. The van der Waals surface area contributed by atoms with Crippen molar-refractivity contribution in [2.24, 2.45) is 0 Å². The Hall–Kier alpha value is -4.40. The van der Waals surface area contributed by atoms with Crippen LogP contribution in [0.15, 0.2) is 66.0 Å². The molecule has 0 unspecified atom stereocenters. The Labute approximate surface area is 237 Å². The SMILES string of the molecule is C=CC(=O)N1CCN(c2nc(=O)n(-c3c(C)cccc3C(C)(C)C)c3nc(-c4ccccc4F)c(F)cc23)[C@@H](C)C1. The minimum absolute atomic E-state index is 0.00462. The number of halogens is 2. The third kappa shape index (κ3) is 5.01. The second-order valence-corrected chi connectivity index (χ2v) is 11.5. The van der Waals surface area contributed by atoms with Crippen LogP contribution in [0.4, 0.5) is 14.6 Å². The van der Waals surface area contributed by atoms with Gasteiger partial charge in [-0.15, -0.1) is 0 Å². The Morgan fingerprint density at radius 3 is 2.44 bits per heavy atom. The van der Waals surface area contributed by atoms with Gasteiger partial charge in [0.25, 0.3) is 0 Å². The number of aryl methyl sites for hydroxylation is 1. The van der Waals surface area contributed by atoms with Crippen molar-refractivity contribution in [3.05, 3.63) is 94.4 Å². The van der Waals surface area contributed by atoms with E-state index in [1.54, 1.807) is 11.0 Å². The number of carbonyl (C=O) groups is 1. The van der Waals surface area contributed by atoms with E-state index < -0.39 is 17.3 Å². The quantitative estimate of drug-likeness (QED) is 0.308. The number of pyridine rings is 1. The minimum Gasteiger partial charge on any atom is -0.350 e. The molecule has 212 valence electrons. The third-order valence-electron chi connectivity index (χ3n) is 7.59. The summed E-state index contributed by atoms with van der Waals surface area (Å²) in [6.45, 7) is 14.7. The zero-order valence-corrected chi connectivity index (χ0v) is 23.9. The molecule has 1 saturated heterocycles. The topological polar surface area (TPSA) is 71.3 Å². The van der Waals surface area contributed by atoms with E-state index in [0.29, 0.717) is 30.7 Å². The van der Waals surface area contributed by atoms with Crippen molar-refractivity contribution < 1.29 is 13.6 Å². The first kappa shape index (κ1) is 28.1. The molecule has 1 aliphatic heterocycles. The van der Waals surface area contributed by atoms with Crippen molar-refractivity contribution in [1.82, 2.24) is 19.4 Å². The first-order chi connectivity index (χ1) is 19.4. The van der Waals surface area contributed by atoms with E-state index in [2.05, 4.69) is 16.5 Å². The van der Waals surface area contributed by atoms with Crippen LogP contribution in [0.25, 0.3) is 28.0 Å². The van der Waals surface area contributed by atoms with Gasteiger partial charge < -0.3 is 9.80 Å². The Kier molecular flexibility index (Phi) is 7.23. The van der Waals surface area contributed by atoms with Gasteiger partial charge in [-0.2, -0.15) is 4.98 Å². The van der Waals surface area contributed by atoms with Gasteiger partial charge in [0, 0.05) is 31.2 Å². The fourth-order valence-electron chi connectivity index (χ4n) is 5.53. The second kappa shape index (κ2) is 10.5. The van der Waals surface area contributed by atoms with Crippen molar-refractivity contribution in [2.75, 3.05) is 24.5 Å². The summed E-state index contributed by atoms with van der Waals surface area (Å²) >= 11 is 0. The molecule has 0 radical (unpaired) electrons. The standard InChI is InChI=1S/C32H33F2N5O2/c1-7-26(40)37-15-16-38(20(3)18-37)29-22-17-25(34)27(21-12-8-9-14-24(21)33)35-30(22)39(31(41)36-29)28-19(2)11-10-13-23(28)32(4,5)6/h7-14,17,20H,1,15-16,18H2,2-6H3/t20-/m0/s1. The summed E-state index contributed by atoms with van der Waals surface area (Å²) in [6, 6.07) is 12.7. The molecule has 1 amide bonds. The van der Waals surface area contributed by atoms with E-state index in [0.717, 1.165) is 11.1 Å². The normalized spacial score (nSPS) is 15.8. The van der Waals surface area contributed by atoms with Crippen LogP contribution in [0.2, 0.25) is 0 Å². The molecule has 3 heterocycles. The van der Waals surface area contributed by atoms with Gasteiger partial charge in [0.1, 0.15) is 23.1 Å². The Balaban J connectivity index is 1.83. The number of aromatic nitrogens is 3. The molecule has 0 bridgehead atoms. The average Bonchev–Trinajstić information content (AvgIpc) is 2.92. The molecular weight excluding hydrogens is 524 g/mol. The number of carbonyl (C=O) groups excluding carboxylic acids is 1. The molecule has 4 aromatic rings. The van der Waals surface area contributed by atoms with Crippen LogP contribution < -0.4 is 10.6 Å². The van der Waals surface area contributed by atoms with Gasteiger partial charge in [-0.25, -0.2) is 23.1 Å². The molecule has 2 aromatic heterocycles. The van der Waals surface area contributed by atoms with Crippen molar-refractivity contribution in [3.8, 4) is 16.9 Å². The highest BCUT2D eigenvalue weighted by atomic mass is 19.1. The predicted octanol–water partition coefficient (Wildman–Crippen LogP) is 5.55. The molecule has 1 atom stereocenters. The van der Waals surface area contributed by atoms with E-state index in [1.165, 1.54) is 34.9 Å². The van der Waals surface area contributed by atoms with E-state index in [4.69, 9.17) is 0 Å². The van der Waals surface area contributed by atoms with Crippen LogP contribution >= 0.6 is 0 Å². The lowest BCUT2D eigenvalue weighted by molar-refractivity contribution is -0.126. The Morgan fingerprint density at radius 2 is 1.78 bits per heavy atom. The van der Waals surface area contributed by atoms with Crippen LogP contribution in [0.1, 0.15) is 38.8 Å². The summed E-state index contributed by atoms with van der Waals surface area (Å²) in [6.07, 6.45) is 1.27. The van der Waals surface area contributed by atoms with Crippen molar-refractivity contribution in [1.29, 1.82) is 0 Å². The number of hydrogen-bond acceptors (Lipinski definition) is 5. The highest BCUT2D eigenvalue weighted by Crippen LogP contribution is 2.35. The summed E-state index contributed by atoms with van der Waals surface area (Å²) in [7, 11) is 0. The van der Waals surface area contributed by atoms with Gasteiger partial charge in [-0.05, 0) is 54.7 Å². The zero-order valence-electron chi connectivity index (χ0n) is 23.9. The van der Waals surface area contributed by atoms with E-state index in [1.807, 2.05) is 57.7 Å². The first-order valence-corrected chi connectivity index (χ1v) is 13.6. The van der Waals surface area contributed by atoms with Gasteiger partial charge in [-0.3, -0.25) is 4.79 Å². The van der Waals surface area contributed by atoms with Crippen LogP contribution in [0, 0.1) is 18.6 Å². The summed E-state index contributed by atoms with van der Waals surface area (Å²) in [5.41, 5.74) is 1.37. The van der Waals surface area contributed by atoms with E-state index >= 15 is 4.39 Å². The lowest BCUT2D eigenvalue weighted by atomic mass is 9.84. The molecule has 2 aromatic carbocycles. The number of benzene rings is 2. The second-order valence-electron chi connectivity index (χ2n) is 11.5. The number of amides is 1. The van der Waals surface area contributed by atoms with Gasteiger partial charge in [0.15, 0.2) is 5.65 Å². The smallest absolute Gasteiger partial charge is 0.350 e. The lowest BCUT2D eigenvalue weighted by Crippen LogP contribution is -2.54. The maximum Gasteiger partial charge on any atom is 0.355 e.